The van der Waals surface area contributed by atoms with Crippen LogP contribution in [0.1, 0.15) is 46.1 Å². The molecule has 3 N–H and O–H groups in total. The van der Waals surface area contributed by atoms with E-state index in [1.165, 1.54) is 0 Å². The van der Waals surface area contributed by atoms with Gasteiger partial charge in [-0.1, -0.05) is 25.4 Å². The first kappa shape index (κ1) is 16.1. The largest absolute Gasteiger partial charge is 0.444 e. The molecular weight excluding hydrogens is 288 g/mol. The molecular formula is C16H23ClN2O2. The van der Waals surface area contributed by atoms with E-state index in [9.17, 15) is 4.79 Å². The summed E-state index contributed by atoms with van der Waals surface area (Å²) in [6, 6.07) is 5.51. The minimum absolute atomic E-state index is 0.0359. The lowest BCUT2D eigenvalue weighted by Crippen LogP contribution is -2.27. The summed E-state index contributed by atoms with van der Waals surface area (Å²) in [4.78, 5) is 11.8. The van der Waals surface area contributed by atoms with Gasteiger partial charge >= 0.3 is 6.09 Å². The lowest BCUT2D eigenvalue weighted by atomic mass is 10.0. The third-order valence-corrected chi connectivity index (χ3v) is 4.23. The molecule has 1 saturated carbocycles. The van der Waals surface area contributed by atoms with Crippen molar-refractivity contribution in [1.82, 2.24) is 0 Å². The topological polar surface area (TPSA) is 64.3 Å². The SMILES string of the molecule is CC(C)(C)OC(=O)Nc1ccc(Cl)c([C@H]2[C@H](N)C2(C)C)c1. The molecule has 0 bridgehead atoms. The van der Waals surface area contributed by atoms with Gasteiger partial charge in [0, 0.05) is 22.7 Å². The monoisotopic (exact) mass is 310 g/mol. The van der Waals surface area contributed by atoms with Gasteiger partial charge in [0.25, 0.3) is 0 Å². The van der Waals surface area contributed by atoms with Crippen molar-refractivity contribution in [3.63, 3.8) is 0 Å². The van der Waals surface area contributed by atoms with Gasteiger partial charge in [0.05, 0.1) is 0 Å². The zero-order valence-corrected chi connectivity index (χ0v) is 13.9. The number of halogens is 1. The Morgan fingerprint density at radius 3 is 2.43 bits per heavy atom. The van der Waals surface area contributed by atoms with Crippen molar-refractivity contribution in [3.05, 3.63) is 28.8 Å². The van der Waals surface area contributed by atoms with Crippen molar-refractivity contribution in [2.24, 2.45) is 11.1 Å². The zero-order valence-electron chi connectivity index (χ0n) is 13.2. The van der Waals surface area contributed by atoms with Crippen molar-refractivity contribution in [2.45, 2.75) is 52.2 Å². The van der Waals surface area contributed by atoms with Crippen LogP contribution in [0.5, 0.6) is 0 Å². The predicted octanol–water partition coefficient (Wildman–Crippen LogP) is 4.14. The molecule has 1 aromatic rings. The Labute approximate surface area is 131 Å². The van der Waals surface area contributed by atoms with Crippen molar-refractivity contribution in [3.8, 4) is 0 Å². The molecule has 5 heteroatoms. The second-order valence-corrected chi connectivity index (χ2v) is 7.60. The molecule has 116 valence electrons. The van der Waals surface area contributed by atoms with E-state index in [1.807, 2.05) is 26.8 Å². The summed E-state index contributed by atoms with van der Waals surface area (Å²) in [7, 11) is 0. The Morgan fingerprint density at radius 1 is 1.38 bits per heavy atom. The number of nitrogens with one attached hydrogen (secondary N) is 1. The molecule has 0 heterocycles. The van der Waals surface area contributed by atoms with Gasteiger partial charge in [0.2, 0.25) is 0 Å². The molecule has 1 fully saturated rings. The van der Waals surface area contributed by atoms with Crippen LogP contribution in [0.4, 0.5) is 10.5 Å². The third kappa shape index (κ3) is 3.50. The number of rotatable bonds is 2. The fourth-order valence-electron chi connectivity index (χ4n) is 2.55. The number of hydrogen-bond donors (Lipinski definition) is 2. The molecule has 1 aromatic carbocycles. The fraction of sp³-hybridized carbons (Fsp3) is 0.562. The lowest BCUT2D eigenvalue weighted by Gasteiger charge is -2.20. The van der Waals surface area contributed by atoms with Crippen LogP contribution in [-0.2, 0) is 4.74 Å². The van der Waals surface area contributed by atoms with Crippen LogP contribution in [0.25, 0.3) is 0 Å². The molecule has 2 rings (SSSR count). The Morgan fingerprint density at radius 2 is 1.95 bits per heavy atom. The number of benzene rings is 1. The molecule has 0 aliphatic heterocycles. The maximum Gasteiger partial charge on any atom is 0.412 e. The van der Waals surface area contributed by atoms with Gasteiger partial charge < -0.3 is 10.5 Å². The van der Waals surface area contributed by atoms with Gasteiger partial charge in [-0.25, -0.2) is 4.79 Å². The summed E-state index contributed by atoms with van der Waals surface area (Å²) in [6.45, 7) is 9.71. The number of carbonyl (C=O) groups excluding carboxylic acids is 1. The van der Waals surface area contributed by atoms with Crippen molar-refractivity contribution in [1.29, 1.82) is 0 Å². The second-order valence-electron chi connectivity index (χ2n) is 7.19. The highest BCUT2D eigenvalue weighted by Gasteiger charge is 2.56. The van der Waals surface area contributed by atoms with Gasteiger partial charge in [-0.15, -0.1) is 0 Å². The first-order chi connectivity index (χ1) is 9.52. The first-order valence-corrected chi connectivity index (χ1v) is 7.45. The highest BCUT2D eigenvalue weighted by molar-refractivity contribution is 6.31. The van der Waals surface area contributed by atoms with Crippen molar-refractivity contribution >= 4 is 23.4 Å². The normalized spacial score (nSPS) is 23.6. The van der Waals surface area contributed by atoms with Crippen molar-refractivity contribution in [2.75, 3.05) is 5.32 Å². The van der Waals surface area contributed by atoms with Crippen molar-refractivity contribution < 1.29 is 9.53 Å². The standard InChI is InChI=1S/C16H23ClN2O2/c1-15(2,3)21-14(20)19-9-6-7-11(17)10(8-9)12-13(18)16(12,4)5/h6-8,12-13H,18H2,1-5H3,(H,19,20)/t12-,13-/m0/s1. The molecule has 1 aliphatic rings. The van der Waals surface area contributed by atoms with E-state index < -0.39 is 11.7 Å². The van der Waals surface area contributed by atoms with Gasteiger partial charge in [-0.2, -0.15) is 0 Å². The zero-order chi connectivity index (χ0) is 16.0. The van der Waals surface area contributed by atoms with Crippen LogP contribution in [0.2, 0.25) is 5.02 Å². The molecule has 1 aliphatic carbocycles. The summed E-state index contributed by atoms with van der Waals surface area (Å²) in [5.41, 5.74) is 7.26. The molecule has 1 amide bonds. The molecule has 0 radical (unpaired) electrons. The van der Waals surface area contributed by atoms with Gasteiger partial charge in [0.15, 0.2) is 0 Å². The smallest absolute Gasteiger partial charge is 0.412 e. The Hall–Kier alpha value is -1.26. The lowest BCUT2D eigenvalue weighted by molar-refractivity contribution is 0.0636. The average Bonchev–Trinajstić information content (AvgIpc) is 2.78. The number of ether oxygens (including phenoxy) is 1. The number of nitrogens with two attached hydrogens (primary N) is 1. The molecule has 4 nitrogen and oxygen atoms in total. The Kier molecular flexibility index (Phi) is 3.98. The highest BCUT2D eigenvalue weighted by Crippen LogP contribution is 2.58. The van der Waals surface area contributed by atoms with E-state index in [1.54, 1.807) is 12.1 Å². The minimum Gasteiger partial charge on any atom is -0.444 e. The van der Waals surface area contributed by atoms with E-state index in [0.29, 0.717) is 10.7 Å². The van der Waals surface area contributed by atoms with Crippen LogP contribution < -0.4 is 11.1 Å². The van der Waals surface area contributed by atoms with Crippen LogP contribution in [0.3, 0.4) is 0 Å². The summed E-state index contributed by atoms with van der Waals surface area (Å²) in [5, 5.41) is 3.41. The fourth-order valence-corrected chi connectivity index (χ4v) is 2.79. The van der Waals surface area contributed by atoms with Gasteiger partial charge in [-0.3, -0.25) is 5.32 Å². The van der Waals surface area contributed by atoms with E-state index in [-0.39, 0.29) is 17.4 Å². The third-order valence-electron chi connectivity index (χ3n) is 3.89. The van der Waals surface area contributed by atoms with E-state index >= 15 is 0 Å². The maximum atomic E-state index is 11.8. The van der Waals surface area contributed by atoms with Crippen LogP contribution in [0.15, 0.2) is 18.2 Å². The van der Waals surface area contributed by atoms with E-state index in [4.69, 9.17) is 22.1 Å². The molecule has 0 spiro atoms. The second kappa shape index (κ2) is 5.18. The number of amides is 1. The van der Waals surface area contributed by atoms with Crippen LogP contribution in [0, 0.1) is 5.41 Å². The first-order valence-electron chi connectivity index (χ1n) is 7.07. The van der Waals surface area contributed by atoms with E-state index in [2.05, 4.69) is 19.2 Å². The quantitative estimate of drug-likeness (QED) is 0.863. The number of hydrogen-bond acceptors (Lipinski definition) is 3. The summed E-state index contributed by atoms with van der Waals surface area (Å²) in [5.74, 6) is 0.213. The molecule has 0 unspecified atom stereocenters. The minimum atomic E-state index is -0.528. The van der Waals surface area contributed by atoms with E-state index in [0.717, 1.165) is 5.56 Å². The summed E-state index contributed by atoms with van der Waals surface area (Å²) >= 11 is 6.27. The number of anilines is 1. The molecule has 0 saturated heterocycles. The average molecular weight is 311 g/mol. The van der Waals surface area contributed by atoms with Gasteiger partial charge in [-0.05, 0) is 49.9 Å². The Bertz CT molecular complexity index is 564. The predicted molar refractivity (Wildman–Crippen MR) is 85.8 cm³/mol. The van der Waals surface area contributed by atoms with Gasteiger partial charge in [0.1, 0.15) is 5.60 Å². The van der Waals surface area contributed by atoms with Crippen LogP contribution in [-0.4, -0.2) is 17.7 Å². The molecule has 2 atom stereocenters. The maximum absolute atomic E-state index is 11.8. The highest BCUT2D eigenvalue weighted by atomic mass is 35.5. The molecule has 21 heavy (non-hydrogen) atoms. The van der Waals surface area contributed by atoms with Crippen LogP contribution >= 0.6 is 11.6 Å². The summed E-state index contributed by atoms with van der Waals surface area (Å²) in [6.07, 6.45) is -0.477. The Balaban J connectivity index is 2.15. The summed E-state index contributed by atoms with van der Waals surface area (Å²) < 4.78 is 5.24. The number of carbonyl (C=O) groups is 1. The molecule has 0 aromatic heterocycles.